The zero-order valence-corrected chi connectivity index (χ0v) is 12.5. The van der Waals surface area contributed by atoms with Crippen molar-refractivity contribution in [3.8, 4) is 0 Å². The van der Waals surface area contributed by atoms with Gasteiger partial charge in [-0.2, -0.15) is 0 Å². The minimum absolute atomic E-state index is 0.0628. The van der Waals surface area contributed by atoms with Crippen molar-refractivity contribution in [3.63, 3.8) is 0 Å². The predicted octanol–water partition coefficient (Wildman–Crippen LogP) is 3.54. The highest BCUT2D eigenvalue weighted by Crippen LogP contribution is 2.35. The van der Waals surface area contributed by atoms with Crippen LogP contribution in [0.5, 0.6) is 0 Å². The van der Waals surface area contributed by atoms with Crippen LogP contribution in [0.3, 0.4) is 0 Å². The lowest BCUT2D eigenvalue weighted by Gasteiger charge is -2.34. The van der Waals surface area contributed by atoms with E-state index >= 15 is 0 Å². The molecule has 18 heavy (non-hydrogen) atoms. The van der Waals surface area contributed by atoms with Crippen LogP contribution in [0.15, 0.2) is 22.8 Å². The van der Waals surface area contributed by atoms with E-state index in [0.29, 0.717) is 17.2 Å². The Kier molecular flexibility index (Phi) is 4.05. The van der Waals surface area contributed by atoms with E-state index in [0.717, 1.165) is 17.3 Å². The Morgan fingerprint density at radius 1 is 1.39 bits per heavy atom. The van der Waals surface area contributed by atoms with Crippen molar-refractivity contribution >= 4 is 21.8 Å². The van der Waals surface area contributed by atoms with Crippen LogP contribution in [-0.4, -0.2) is 16.9 Å². The van der Waals surface area contributed by atoms with E-state index in [4.69, 9.17) is 0 Å². The van der Waals surface area contributed by atoms with Crippen molar-refractivity contribution in [1.29, 1.82) is 0 Å². The molecular formula is C14H19BrN2O. The first-order valence-electron chi connectivity index (χ1n) is 6.39. The lowest BCUT2D eigenvalue weighted by atomic mass is 9.75. The SMILES string of the molecule is CC1(C)CCC(NC(=O)c2ccc(Br)cn2)CC1. The average Bonchev–Trinajstić information content (AvgIpc) is 2.33. The topological polar surface area (TPSA) is 42.0 Å². The van der Waals surface area contributed by atoms with Gasteiger partial charge in [-0.15, -0.1) is 0 Å². The first kappa shape index (κ1) is 13.5. The molecule has 4 heteroatoms. The van der Waals surface area contributed by atoms with Gasteiger partial charge in [0, 0.05) is 16.7 Å². The number of carbonyl (C=O) groups is 1. The van der Waals surface area contributed by atoms with Crippen molar-refractivity contribution in [2.24, 2.45) is 5.41 Å². The first-order valence-corrected chi connectivity index (χ1v) is 7.18. The normalized spacial score (nSPS) is 19.5. The van der Waals surface area contributed by atoms with E-state index in [1.165, 1.54) is 12.8 Å². The Morgan fingerprint density at radius 2 is 2.06 bits per heavy atom. The molecule has 2 rings (SSSR count). The zero-order chi connectivity index (χ0) is 13.2. The summed E-state index contributed by atoms with van der Waals surface area (Å²) in [6.07, 6.45) is 6.13. The van der Waals surface area contributed by atoms with Gasteiger partial charge < -0.3 is 5.32 Å². The number of pyridine rings is 1. The van der Waals surface area contributed by atoms with Crippen molar-refractivity contribution in [3.05, 3.63) is 28.5 Å². The molecule has 1 aromatic rings. The number of aromatic nitrogens is 1. The summed E-state index contributed by atoms with van der Waals surface area (Å²) in [4.78, 5) is 16.1. The lowest BCUT2D eigenvalue weighted by molar-refractivity contribution is 0.0904. The van der Waals surface area contributed by atoms with Crippen molar-refractivity contribution < 1.29 is 4.79 Å². The van der Waals surface area contributed by atoms with Gasteiger partial charge in [0.2, 0.25) is 0 Å². The molecule has 1 saturated carbocycles. The fourth-order valence-electron chi connectivity index (χ4n) is 2.31. The van der Waals surface area contributed by atoms with Gasteiger partial charge >= 0.3 is 0 Å². The maximum atomic E-state index is 12.0. The largest absolute Gasteiger partial charge is 0.348 e. The fourth-order valence-corrected chi connectivity index (χ4v) is 2.55. The minimum Gasteiger partial charge on any atom is -0.348 e. The van der Waals surface area contributed by atoms with Crippen molar-refractivity contribution in [2.45, 2.75) is 45.6 Å². The van der Waals surface area contributed by atoms with Crippen LogP contribution in [0.2, 0.25) is 0 Å². The Labute approximate surface area is 117 Å². The molecule has 1 fully saturated rings. The Hall–Kier alpha value is -0.900. The van der Waals surface area contributed by atoms with E-state index in [1.54, 1.807) is 12.3 Å². The third-order valence-electron chi connectivity index (χ3n) is 3.63. The highest BCUT2D eigenvalue weighted by Gasteiger charge is 2.27. The molecule has 1 N–H and O–H groups in total. The second kappa shape index (κ2) is 5.39. The molecule has 1 heterocycles. The quantitative estimate of drug-likeness (QED) is 0.907. The summed E-state index contributed by atoms with van der Waals surface area (Å²) < 4.78 is 0.887. The van der Waals surface area contributed by atoms with Crippen LogP contribution in [-0.2, 0) is 0 Å². The van der Waals surface area contributed by atoms with Crippen LogP contribution in [0.25, 0.3) is 0 Å². The maximum Gasteiger partial charge on any atom is 0.270 e. The van der Waals surface area contributed by atoms with E-state index in [2.05, 4.69) is 40.1 Å². The fraction of sp³-hybridized carbons (Fsp3) is 0.571. The molecule has 0 atom stereocenters. The monoisotopic (exact) mass is 310 g/mol. The summed E-state index contributed by atoms with van der Waals surface area (Å²) in [5.41, 5.74) is 0.917. The number of amides is 1. The third kappa shape index (κ3) is 3.55. The third-order valence-corrected chi connectivity index (χ3v) is 4.10. The van der Waals surface area contributed by atoms with Gasteiger partial charge in [-0.1, -0.05) is 13.8 Å². The molecule has 1 aliphatic rings. The second-order valence-corrected chi connectivity index (χ2v) is 6.69. The number of nitrogens with zero attached hydrogens (tertiary/aromatic N) is 1. The lowest BCUT2D eigenvalue weighted by Crippen LogP contribution is -2.39. The molecule has 98 valence electrons. The predicted molar refractivity (Wildman–Crippen MR) is 75.4 cm³/mol. The van der Waals surface area contributed by atoms with Crippen molar-refractivity contribution in [1.82, 2.24) is 10.3 Å². The van der Waals surface area contributed by atoms with Crippen LogP contribution in [0, 0.1) is 5.41 Å². The van der Waals surface area contributed by atoms with E-state index in [1.807, 2.05) is 6.07 Å². The number of hydrogen-bond donors (Lipinski definition) is 1. The molecule has 0 saturated heterocycles. The highest BCUT2D eigenvalue weighted by molar-refractivity contribution is 9.10. The highest BCUT2D eigenvalue weighted by atomic mass is 79.9. The molecule has 0 spiro atoms. The molecule has 3 nitrogen and oxygen atoms in total. The maximum absolute atomic E-state index is 12.0. The second-order valence-electron chi connectivity index (χ2n) is 5.77. The van der Waals surface area contributed by atoms with Gasteiger partial charge in [0.05, 0.1) is 0 Å². The molecule has 1 amide bonds. The van der Waals surface area contributed by atoms with Gasteiger partial charge in [-0.05, 0) is 59.2 Å². The zero-order valence-electron chi connectivity index (χ0n) is 10.9. The van der Waals surface area contributed by atoms with Gasteiger partial charge in [0.15, 0.2) is 0 Å². The standard InChI is InChI=1S/C14H19BrN2O/c1-14(2)7-5-11(6-8-14)17-13(18)12-4-3-10(15)9-16-12/h3-4,9,11H,5-8H2,1-2H3,(H,17,18). The van der Waals surface area contributed by atoms with Crippen molar-refractivity contribution in [2.75, 3.05) is 0 Å². The number of carbonyl (C=O) groups excluding carboxylic acids is 1. The first-order chi connectivity index (χ1) is 8.46. The van der Waals surface area contributed by atoms with E-state index in [9.17, 15) is 4.79 Å². The van der Waals surface area contributed by atoms with E-state index < -0.39 is 0 Å². The van der Waals surface area contributed by atoms with Crippen LogP contribution >= 0.6 is 15.9 Å². The smallest absolute Gasteiger partial charge is 0.270 e. The van der Waals surface area contributed by atoms with Gasteiger partial charge in [0.1, 0.15) is 5.69 Å². The summed E-state index contributed by atoms with van der Waals surface area (Å²) in [6, 6.07) is 3.88. The Bertz CT molecular complexity index is 418. The van der Waals surface area contributed by atoms with Gasteiger partial charge in [-0.3, -0.25) is 4.79 Å². The van der Waals surface area contributed by atoms with E-state index in [-0.39, 0.29) is 5.91 Å². The molecule has 0 aliphatic heterocycles. The van der Waals surface area contributed by atoms with Gasteiger partial charge in [0.25, 0.3) is 5.91 Å². The molecule has 0 unspecified atom stereocenters. The summed E-state index contributed by atoms with van der Waals surface area (Å²) in [7, 11) is 0. The summed E-state index contributed by atoms with van der Waals surface area (Å²) in [5.74, 6) is -0.0628. The molecule has 1 aromatic heterocycles. The van der Waals surface area contributed by atoms with Crippen LogP contribution < -0.4 is 5.32 Å². The number of halogens is 1. The molecular weight excluding hydrogens is 292 g/mol. The number of nitrogens with one attached hydrogen (secondary N) is 1. The summed E-state index contributed by atoms with van der Waals surface area (Å²) in [6.45, 7) is 4.59. The van der Waals surface area contributed by atoms with Crippen LogP contribution in [0.1, 0.15) is 50.0 Å². The average molecular weight is 311 g/mol. The molecule has 1 aliphatic carbocycles. The Balaban J connectivity index is 1.90. The molecule has 0 aromatic carbocycles. The molecule has 0 bridgehead atoms. The summed E-state index contributed by atoms with van der Waals surface area (Å²) in [5, 5.41) is 3.08. The number of hydrogen-bond acceptors (Lipinski definition) is 2. The van der Waals surface area contributed by atoms with Crippen LogP contribution in [0.4, 0.5) is 0 Å². The van der Waals surface area contributed by atoms with Gasteiger partial charge in [-0.25, -0.2) is 4.98 Å². The molecule has 0 radical (unpaired) electrons. The minimum atomic E-state index is -0.0628. The summed E-state index contributed by atoms with van der Waals surface area (Å²) >= 11 is 3.31. The Morgan fingerprint density at radius 3 is 2.61 bits per heavy atom. The number of rotatable bonds is 2.